The van der Waals surface area contributed by atoms with Crippen molar-refractivity contribution in [2.75, 3.05) is 14.2 Å². The first-order chi connectivity index (χ1) is 11.6. The molecule has 0 aliphatic carbocycles. The van der Waals surface area contributed by atoms with E-state index in [-0.39, 0.29) is 23.0 Å². The van der Waals surface area contributed by atoms with Gasteiger partial charge in [0.1, 0.15) is 0 Å². The monoisotopic (exact) mass is 348 g/mol. The number of amides is 1. The van der Waals surface area contributed by atoms with Gasteiger partial charge >= 0.3 is 0 Å². The molecule has 0 radical (unpaired) electrons. The van der Waals surface area contributed by atoms with Gasteiger partial charge in [-0.15, -0.1) is 0 Å². The van der Waals surface area contributed by atoms with Gasteiger partial charge in [0, 0.05) is 23.5 Å². The molecule has 25 heavy (non-hydrogen) atoms. The molecule has 0 bridgehead atoms. The van der Waals surface area contributed by atoms with Crippen LogP contribution in [0.2, 0.25) is 0 Å². The number of aryl methyl sites for hydroxylation is 1. The van der Waals surface area contributed by atoms with Crippen molar-refractivity contribution in [2.24, 2.45) is 0 Å². The highest BCUT2D eigenvalue weighted by Crippen LogP contribution is 2.29. The molecule has 140 valence electrons. The highest BCUT2D eigenvalue weighted by Gasteiger charge is 2.38. The maximum Gasteiger partial charge on any atom is 0.220 e. The van der Waals surface area contributed by atoms with E-state index < -0.39 is 0 Å². The summed E-state index contributed by atoms with van der Waals surface area (Å²) in [5, 5.41) is 6.86. The van der Waals surface area contributed by atoms with Gasteiger partial charge in [-0.3, -0.25) is 4.79 Å². The Morgan fingerprint density at radius 3 is 2.28 bits per heavy atom. The maximum absolute atomic E-state index is 12.4. The number of carbonyl (C=O) groups excluding carboxylic acids is 1. The van der Waals surface area contributed by atoms with Gasteiger partial charge in [-0.05, 0) is 64.7 Å². The summed E-state index contributed by atoms with van der Waals surface area (Å²) in [4.78, 5) is 12.4. The minimum absolute atomic E-state index is 0.0308. The first kappa shape index (κ1) is 19.6. The van der Waals surface area contributed by atoms with Gasteiger partial charge < -0.3 is 20.1 Å². The van der Waals surface area contributed by atoms with Crippen molar-refractivity contribution in [3.05, 3.63) is 23.8 Å². The van der Waals surface area contributed by atoms with Gasteiger partial charge in [-0.2, -0.15) is 0 Å². The molecule has 1 amide bonds. The number of rotatable bonds is 6. The number of piperidine rings is 1. The lowest BCUT2D eigenvalue weighted by Crippen LogP contribution is -2.62. The van der Waals surface area contributed by atoms with Crippen molar-refractivity contribution in [1.29, 1.82) is 0 Å². The molecule has 0 aromatic heterocycles. The number of nitrogens with one attached hydrogen (secondary N) is 2. The summed E-state index contributed by atoms with van der Waals surface area (Å²) in [5.41, 5.74) is 1.13. The summed E-state index contributed by atoms with van der Waals surface area (Å²) in [7, 11) is 3.24. The highest BCUT2D eigenvalue weighted by molar-refractivity contribution is 5.76. The van der Waals surface area contributed by atoms with Gasteiger partial charge in [0.05, 0.1) is 14.2 Å². The van der Waals surface area contributed by atoms with Crippen molar-refractivity contribution in [2.45, 2.75) is 70.5 Å². The number of carbonyl (C=O) groups is 1. The van der Waals surface area contributed by atoms with E-state index in [1.807, 2.05) is 18.2 Å². The van der Waals surface area contributed by atoms with Gasteiger partial charge in [-0.25, -0.2) is 0 Å². The Balaban J connectivity index is 1.90. The van der Waals surface area contributed by atoms with Crippen LogP contribution in [0.1, 0.15) is 52.5 Å². The van der Waals surface area contributed by atoms with E-state index in [2.05, 4.69) is 38.3 Å². The average molecular weight is 348 g/mol. The fourth-order valence-corrected chi connectivity index (χ4v) is 4.02. The van der Waals surface area contributed by atoms with Crippen LogP contribution in [0.3, 0.4) is 0 Å². The fourth-order valence-electron chi connectivity index (χ4n) is 4.02. The lowest BCUT2D eigenvalue weighted by atomic mass is 9.79. The summed E-state index contributed by atoms with van der Waals surface area (Å²) in [6, 6.07) is 6.00. The smallest absolute Gasteiger partial charge is 0.220 e. The molecule has 1 aliphatic heterocycles. The summed E-state index contributed by atoms with van der Waals surface area (Å²) in [6.45, 7) is 8.76. The largest absolute Gasteiger partial charge is 0.493 e. The molecule has 0 spiro atoms. The predicted octanol–water partition coefficient (Wildman–Crippen LogP) is 3.06. The van der Waals surface area contributed by atoms with E-state index in [0.717, 1.165) is 18.4 Å². The van der Waals surface area contributed by atoms with E-state index in [4.69, 9.17) is 9.47 Å². The average Bonchev–Trinajstić information content (AvgIpc) is 2.49. The first-order valence-electron chi connectivity index (χ1n) is 8.94. The zero-order valence-corrected chi connectivity index (χ0v) is 16.4. The van der Waals surface area contributed by atoms with Crippen LogP contribution in [0.15, 0.2) is 18.2 Å². The minimum atomic E-state index is 0.0308. The van der Waals surface area contributed by atoms with Crippen LogP contribution in [0.5, 0.6) is 11.5 Å². The highest BCUT2D eigenvalue weighted by atomic mass is 16.5. The quantitative estimate of drug-likeness (QED) is 0.829. The van der Waals surface area contributed by atoms with Crippen LogP contribution >= 0.6 is 0 Å². The zero-order valence-electron chi connectivity index (χ0n) is 16.4. The molecule has 2 N–H and O–H groups in total. The summed E-state index contributed by atoms with van der Waals surface area (Å²) < 4.78 is 10.6. The molecule has 0 atom stereocenters. The van der Waals surface area contributed by atoms with Crippen molar-refractivity contribution in [3.8, 4) is 11.5 Å². The third-order valence-electron chi connectivity index (χ3n) is 4.64. The fraction of sp³-hybridized carbons (Fsp3) is 0.650. The Morgan fingerprint density at radius 1 is 1.12 bits per heavy atom. The van der Waals surface area contributed by atoms with Crippen molar-refractivity contribution < 1.29 is 14.3 Å². The van der Waals surface area contributed by atoms with Crippen LogP contribution in [0.4, 0.5) is 0 Å². The van der Waals surface area contributed by atoms with E-state index in [1.165, 1.54) is 0 Å². The van der Waals surface area contributed by atoms with Gasteiger partial charge in [0.25, 0.3) is 0 Å². The molecule has 5 heteroatoms. The van der Waals surface area contributed by atoms with Crippen LogP contribution in [0, 0.1) is 0 Å². The van der Waals surface area contributed by atoms with Crippen molar-refractivity contribution in [1.82, 2.24) is 10.6 Å². The molecule has 0 saturated carbocycles. The summed E-state index contributed by atoms with van der Waals surface area (Å²) >= 11 is 0. The number of hydrogen-bond donors (Lipinski definition) is 2. The summed E-state index contributed by atoms with van der Waals surface area (Å²) in [5.74, 6) is 1.51. The second-order valence-corrected chi connectivity index (χ2v) is 8.25. The van der Waals surface area contributed by atoms with Crippen LogP contribution in [-0.2, 0) is 11.2 Å². The molecular formula is C20H32N2O3. The topological polar surface area (TPSA) is 59.6 Å². The number of hydrogen-bond acceptors (Lipinski definition) is 4. The Morgan fingerprint density at radius 2 is 1.72 bits per heavy atom. The molecule has 0 unspecified atom stereocenters. The molecule has 1 heterocycles. The number of methoxy groups -OCH3 is 2. The lowest BCUT2D eigenvalue weighted by Gasteiger charge is -2.46. The molecule has 1 fully saturated rings. The second-order valence-electron chi connectivity index (χ2n) is 8.25. The molecule has 1 aromatic rings. The van der Waals surface area contributed by atoms with E-state index in [9.17, 15) is 4.79 Å². The normalized spacial score (nSPS) is 19.3. The third-order valence-corrected chi connectivity index (χ3v) is 4.64. The first-order valence-corrected chi connectivity index (χ1v) is 8.94. The number of ether oxygens (including phenoxy) is 2. The Labute approximate surface area is 151 Å². The SMILES string of the molecule is COc1ccc(CCC(=O)NC2CC(C)(C)NC(C)(C)C2)cc1OC. The van der Waals surface area contributed by atoms with Crippen molar-refractivity contribution >= 4 is 5.91 Å². The molecule has 5 nitrogen and oxygen atoms in total. The Kier molecular flexibility index (Phi) is 5.99. The Hall–Kier alpha value is -1.75. The third kappa shape index (κ3) is 5.63. The molecular weight excluding hydrogens is 316 g/mol. The van der Waals surface area contributed by atoms with E-state index in [0.29, 0.717) is 24.3 Å². The lowest BCUT2D eigenvalue weighted by molar-refractivity contribution is -0.122. The molecule has 1 saturated heterocycles. The van der Waals surface area contributed by atoms with Crippen LogP contribution < -0.4 is 20.1 Å². The number of benzene rings is 1. The van der Waals surface area contributed by atoms with E-state index >= 15 is 0 Å². The van der Waals surface area contributed by atoms with Crippen LogP contribution in [-0.4, -0.2) is 37.2 Å². The molecule has 1 aliphatic rings. The van der Waals surface area contributed by atoms with E-state index in [1.54, 1.807) is 14.2 Å². The maximum atomic E-state index is 12.4. The molecule has 2 rings (SSSR count). The van der Waals surface area contributed by atoms with Gasteiger partial charge in [0.15, 0.2) is 11.5 Å². The standard InChI is InChI=1S/C20H32N2O3/c1-19(2)12-15(13-20(3,4)22-19)21-18(23)10-8-14-7-9-16(24-5)17(11-14)25-6/h7,9,11,15,22H,8,10,12-13H2,1-6H3,(H,21,23). The second kappa shape index (κ2) is 7.65. The molecule has 1 aromatic carbocycles. The van der Waals surface area contributed by atoms with Gasteiger partial charge in [-0.1, -0.05) is 6.07 Å². The zero-order chi connectivity index (χ0) is 18.7. The predicted molar refractivity (Wildman–Crippen MR) is 100 cm³/mol. The Bertz CT molecular complexity index is 595. The van der Waals surface area contributed by atoms with Crippen LogP contribution in [0.25, 0.3) is 0 Å². The summed E-state index contributed by atoms with van der Waals surface area (Å²) in [6.07, 6.45) is 3.04. The van der Waals surface area contributed by atoms with Crippen molar-refractivity contribution in [3.63, 3.8) is 0 Å². The minimum Gasteiger partial charge on any atom is -0.493 e. The van der Waals surface area contributed by atoms with Gasteiger partial charge in [0.2, 0.25) is 5.91 Å².